The van der Waals surface area contributed by atoms with Crippen molar-refractivity contribution in [3.05, 3.63) is 105 Å². The molecule has 0 aliphatic carbocycles. The summed E-state index contributed by atoms with van der Waals surface area (Å²) >= 11 is 6.27. The van der Waals surface area contributed by atoms with E-state index in [9.17, 15) is 31.1 Å². The summed E-state index contributed by atoms with van der Waals surface area (Å²) in [6.07, 6.45) is -9.52. The quantitative estimate of drug-likeness (QED) is 0.188. The summed E-state index contributed by atoms with van der Waals surface area (Å²) in [5.74, 6) is -0.332. The number of benzene rings is 3. The summed E-state index contributed by atoms with van der Waals surface area (Å²) in [6, 6.07) is 13.9. The fraction of sp³-hybridized carbons (Fsp3) is 0.323. The van der Waals surface area contributed by atoms with E-state index in [0.29, 0.717) is 46.6 Å². The molecule has 2 aliphatic rings. The number of carbonyl (C=O) groups is 1. The number of fused-ring (bicyclic) bond motifs is 3. The van der Waals surface area contributed by atoms with E-state index in [-0.39, 0.29) is 29.5 Å². The van der Waals surface area contributed by atoms with Gasteiger partial charge in [0.2, 0.25) is 0 Å². The van der Waals surface area contributed by atoms with Crippen molar-refractivity contribution in [1.29, 1.82) is 0 Å². The minimum Gasteiger partial charge on any atom is -0.354 e. The predicted molar refractivity (Wildman–Crippen MR) is 146 cm³/mol. The van der Waals surface area contributed by atoms with E-state index >= 15 is 0 Å². The second-order valence-corrected chi connectivity index (χ2v) is 11.3. The van der Waals surface area contributed by atoms with Gasteiger partial charge in [-0.3, -0.25) is 4.79 Å². The second kappa shape index (κ2) is 10.1. The molecule has 11 heteroatoms. The number of hydrogen-bond acceptors (Lipinski definition) is 3. The fourth-order valence-corrected chi connectivity index (χ4v) is 6.46. The van der Waals surface area contributed by atoms with Gasteiger partial charge >= 0.3 is 12.4 Å². The molecule has 1 fully saturated rings. The van der Waals surface area contributed by atoms with E-state index in [0.717, 1.165) is 24.2 Å². The summed E-state index contributed by atoms with van der Waals surface area (Å²) in [5, 5.41) is 4.10. The van der Waals surface area contributed by atoms with Crippen LogP contribution in [0.1, 0.15) is 62.8 Å². The van der Waals surface area contributed by atoms with Gasteiger partial charge in [0.15, 0.2) is 5.78 Å². The first-order valence-electron chi connectivity index (χ1n) is 13.4. The van der Waals surface area contributed by atoms with E-state index < -0.39 is 35.2 Å². The molecule has 1 saturated heterocycles. The smallest absolute Gasteiger partial charge is 0.354 e. The highest BCUT2D eigenvalue weighted by molar-refractivity contribution is 6.31. The van der Waals surface area contributed by atoms with Gasteiger partial charge in [-0.15, -0.1) is 0 Å². The van der Waals surface area contributed by atoms with Crippen molar-refractivity contribution in [3.63, 3.8) is 0 Å². The summed E-state index contributed by atoms with van der Waals surface area (Å²) in [7, 11) is 0. The molecule has 1 aromatic heterocycles. The second-order valence-electron chi connectivity index (χ2n) is 10.8. The first-order chi connectivity index (χ1) is 19.8. The van der Waals surface area contributed by atoms with Crippen LogP contribution >= 0.6 is 11.6 Å². The van der Waals surface area contributed by atoms with Gasteiger partial charge in [-0.05, 0) is 79.9 Å². The Labute approximate surface area is 242 Å². The molecular formula is C31H25ClF6N2O2. The van der Waals surface area contributed by atoms with E-state index in [1.165, 1.54) is 4.57 Å². The zero-order chi connectivity index (χ0) is 30.0. The van der Waals surface area contributed by atoms with Gasteiger partial charge < -0.3 is 14.6 Å². The van der Waals surface area contributed by atoms with Crippen molar-refractivity contribution < 1.29 is 35.9 Å². The highest BCUT2D eigenvalue weighted by atomic mass is 35.5. The standard InChI is InChI=1S/C31H25ClF6N2O2/c1-17-26(27(41)28-22-4-2-3-5-24(22)29(42-28)8-10-39-11-9-29)23-7-6-21(32)15-25(23)40(17)16-18-12-19(30(33,34)35)14-20(13-18)31(36,37)38/h2-7,12-15,28,39H,8-11,16H2,1H3/t28-/m1/s1. The third-order valence-corrected chi connectivity index (χ3v) is 8.48. The molecule has 1 spiro atoms. The SMILES string of the molecule is Cc1c(C(=O)[C@@H]2OC3(CCNCC3)c3ccccc32)c2ccc(Cl)cc2n1Cc1cc(C(F)(F)F)cc(C(F)(F)F)c1. The van der Waals surface area contributed by atoms with Crippen LogP contribution < -0.4 is 5.32 Å². The highest BCUT2D eigenvalue weighted by Crippen LogP contribution is 2.50. The van der Waals surface area contributed by atoms with Crippen LogP contribution in [-0.4, -0.2) is 23.4 Å². The Hall–Kier alpha value is -3.34. The van der Waals surface area contributed by atoms with Crippen LogP contribution in [0.15, 0.2) is 60.7 Å². The molecule has 42 heavy (non-hydrogen) atoms. The lowest BCUT2D eigenvalue weighted by molar-refractivity contribution is -0.143. The lowest BCUT2D eigenvalue weighted by Crippen LogP contribution is -2.40. The topological polar surface area (TPSA) is 43.3 Å². The maximum atomic E-state index is 14.3. The average Bonchev–Trinajstić information content (AvgIpc) is 3.39. The molecule has 220 valence electrons. The number of carbonyl (C=O) groups excluding carboxylic acids is 1. The molecule has 4 aromatic rings. The minimum atomic E-state index is -4.98. The van der Waals surface area contributed by atoms with Crippen molar-refractivity contribution in [1.82, 2.24) is 9.88 Å². The van der Waals surface area contributed by atoms with E-state index in [1.807, 2.05) is 24.3 Å². The van der Waals surface area contributed by atoms with Gasteiger partial charge in [0.1, 0.15) is 6.10 Å². The summed E-state index contributed by atoms with van der Waals surface area (Å²) in [6.45, 7) is 2.73. The number of rotatable bonds is 4. The number of nitrogens with zero attached hydrogens (tertiary/aromatic N) is 1. The largest absolute Gasteiger partial charge is 0.416 e. The van der Waals surface area contributed by atoms with Crippen molar-refractivity contribution in [3.8, 4) is 0 Å². The lowest BCUT2D eigenvalue weighted by Gasteiger charge is -2.34. The van der Waals surface area contributed by atoms with E-state index in [2.05, 4.69) is 5.32 Å². The number of hydrogen-bond donors (Lipinski definition) is 1. The van der Waals surface area contributed by atoms with Crippen LogP contribution in [0.3, 0.4) is 0 Å². The number of nitrogens with one attached hydrogen (secondary N) is 1. The van der Waals surface area contributed by atoms with Gasteiger partial charge in [0.05, 0.1) is 22.2 Å². The van der Waals surface area contributed by atoms with E-state index in [4.69, 9.17) is 16.3 Å². The molecule has 3 heterocycles. The van der Waals surface area contributed by atoms with Crippen LogP contribution in [0, 0.1) is 6.92 Å². The molecule has 0 bridgehead atoms. The Morgan fingerprint density at radius 2 is 1.62 bits per heavy atom. The van der Waals surface area contributed by atoms with Crippen LogP contribution in [0.2, 0.25) is 5.02 Å². The number of piperidine rings is 1. The van der Waals surface area contributed by atoms with Gasteiger partial charge in [0, 0.05) is 28.2 Å². The first-order valence-corrected chi connectivity index (χ1v) is 13.8. The zero-order valence-corrected chi connectivity index (χ0v) is 23.1. The van der Waals surface area contributed by atoms with Crippen molar-refractivity contribution in [2.45, 2.75) is 50.4 Å². The van der Waals surface area contributed by atoms with Crippen LogP contribution in [0.4, 0.5) is 26.3 Å². The van der Waals surface area contributed by atoms with E-state index in [1.54, 1.807) is 25.1 Å². The minimum absolute atomic E-state index is 0.0987. The summed E-state index contributed by atoms with van der Waals surface area (Å²) in [5.41, 5.74) is -0.846. The third-order valence-electron chi connectivity index (χ3n) is 8.25. The molecule has 4 nitrogen and oxygen atoms in total. The molecular weight excluding hydrogens is 582 g/mol. The molecule has 0 saturated carbocycles. The molecule has 0 unspecified atom stereocenters. The maximum Gasteiger partial charge on any atom is 0.416 e. The van der Waals surface area contributed by atoms with Crippen LogP contribution in [-0.2, 0) is 29.2 Å². The van der Waals surface area contributed by atoms with Crippen molar-refractivity contribution in [2.24, 2.45) is 0 Å². The number of ketones is 1. The number of alkyl halides is 6. The first kappa shape index (κ1) is 28.8. The Balaban J connectivity index is 1.47. The summed E-state index contributed by atoms with van der Waals surface area (Å²) < 4.78 is 89.5. The number of halogens is 7. The van der Waals surface area contributed by atoms with Gasteiger partial charge in [-0.1, -0.05) is 41.9 Å². The van der Waals surface area contributed by atoms with Gasteiger partial charge in [-0.2, -0.15) is 26.3 Å². The van der Waals surface area contributed by atoms with Gasteiger partial charge in [-0.25, -0.2) is 0 Å². The van der Waals surface area contributed by atoms with Crippen molar-refractivity contribution >= 4 is 28.3 Å². The summed E-state index contributed by atoms with van der Waals surface area (Å²) in [4.78, 5) is 14.3. The predicted octanol–water partition coefficient (Wildman–Crippen LogP) is 8.22. The molecule has 1 atom stereocenters. The molecule has 0 amide bonds. The molecule has 3 aromatic carbocycles. The van der Waals surface area contributed by atoms with Crippen molar-refractivity contribution in [2.75, 3.05) is 13.1 Å². The molecule has 2 aliphatic heterocycles. The fourth-order valence-electron chi connectivity index (χ4n) is 6.29. The lowest BCUT2D eigenvalue weighted by atomic mass is 9.83. The number of aromatic nitrogens is 1. The molecule has 0 radical (unpaired) electrons. The Kier molecular flexibility index (Phi) is 6.94. The average molecular weight is 607 g/mol. The highest BCUT2D eigenvalue weighted by Gasteiger charge is 2.48. The Morgan fingerprint density at radius 1 is 0.976 bits per heavy atom. The van der Waals surface area contributed by atoms with Gasteiger partial charge in [0.25, 0.3) is 0 Å². The zero-order valence-electron chi connectivity index (χ0n) is 22.3. The Bertz CT molecular complexity index is 1670. The van der Waals surface area contributed by atoms with Crippen LogP contribution in [0.5, 0.6) is 0 Å². The van der Waals surface area contributed by atoms with Crippen LogP contribution in [0.25, 0.3) is 10.9 Å². The molecule has 1 N–H and O–H groups in total. The maximum absolute atomic E-state index is 14.3. The number of Topliss-reactive ketones (excluding diaryl/α,β-unsaturated/α-hetero) is 1. The third kappa shape index (κ3) is 4.89. The number of ether oxygens (including phenoxy) is 1. The monoisotopic (exact) mass is 606 g/mol. The molecule has 6 rings (SSSR count). The Morgan fingerprint density at radius 3 is 2.26 bits per heavy atom. The normalized spacial score (nSPS) is 18.5.